The molecule has 0 aliphatic rings. The van der Waals surface area contributed by atoms with Crippen LogP contribution in [0.5, 0.6) is 0 Å². The third-order valence-electron chi connectivity index (χ3n) is 3.62. The van der Waals surface area contributed by atoms with E-state index in [0.29, 0.717) is 0 Å². The SMILES string of the molecule is CCCc1cc(-c2cc(CC)ccc2F)ccc1C. The molecule has 2 aromatic carbocycles. The molecule has 100 valence electrons. The van der Waals surface area contributed by atoms with E-state index in [2.05, 4.69) is 32.9 Å². The van der Waals surface area contributed by atoms with E-state index in [1.807, 2.05) is 18.2 Å². The van der Waals surface area contributed by atoms with E-state index in [0.717, 1.165) is 30.4 Å². The van der Waals surface area contributed by atoms with Gasteiger partial charge in [0.15, 0.2) is 0 Å². The first kappa shape index (κ1) is 13.8. The molecule has 0 spiro atoms. The molecule has 0 heterocycles. The Balaban J connectivity index is 2.49. The molecule has 0 aliphatic carbocycles. The highest BCUT2D eigenvalue weighted by atomic mass is 19.1. The Morgan fingerprint density at radius 2 is 1.79 bits per heavy atom. The summed E-state index contributed by atoms with van der Waals surface area (Å²) >= 11 is 0. The van der Waals surface area contributed by atoms with Crippen LogP contribution < -0.4 is 0 Å². The third-order valence-corrected chi connectivity index (χ3v) is 3.62. The lowest BCUT2D eigenvalue weighted by Gasteiger charge is -2.10. The average Bonchev–Trinajstić information content (AvgIpc) is 2.42. The van der Waals surface area contributed by atoms with Gasteiger partial charge in [0.05, 0.1) is 0 Å². The van der Waals surface area contributed by atoms with Crippen LogP contribution in [0.25, 0.3) is 11.1 Å². The third kappa shape index (κ3) is 3.04. The molecule has 1 heteroatoms. The Morgan fingerprint density at radius 3 is 2.47 bits per heavy atom. The van der Waals surface area contributed by atoms with E-state index in [-0.39, 0.29) is 5.82 Å². The van der Waals surface area contributed by atoms with Crippen molar-refractivity contribution in [2.45, 2.75) is 40.0 Å². The minimum Gasteiger partial charge on any atom is -0.206 e. The summed E-state index contributed by atoms with van der Waals surface area (Å²) in [6, 6.07) is 11.7. The molecule has 2 aromatic rings. The Bertz CT molecular complexity index is 570. The lowest BCUT2D eigenvalue weighted by molar-refractivity contribution is 0.630. The van der Waals surface area contributed by atoms with Gasteiger partial charge in [-0.15, -0.1) is 0 Å². The molecule has 19 heavy (non-hydrogen) atoms. The highest BCUT2D eigenvalue weighted by molar-refractivity contribution is 5.66. The summed E-state index contributed by atoms with van der Waals surface area (Å²) < 4.78 is 14.0. The van der Waals surface area contributed by atoms with Crippen molar-refractivity contribution in [3.05, 3.63) is 58.9 Å². The Kier molecular flexibility index (Phi) is 4.36. The standard InChI is InChI=1S/C18H21F/c1-4-6-15-12-16(9-7-13(15)3)17-11-14(5-2)8-10-18(17)19/h7-12H,4-6H2,1-3H3. The molecule has 2 rings (SSSR count). The average molecular weight is 256 g/mol. The van der Waals surface area contributed by atoms with E-state index in [9.17, 15) is 4.39 Å². The van der Waals surface area contributed by atoms with Crippen molar-refractivity contribution >= 4 is 0 Å². The predicted molar refractivity (Wildman–Crippen MR) is 79.9 cm³/mol. The summed E-state index contributed by atoms with van der Waals surface area (Å²) in [7, 11) is 0. The molecule has 0 nitrogen and oxygen atoms in total. The lowest BCUT2D eigenvalue weighted by Crippen LogP contribution is -1.92. The molecule has 0 saturated heterocycles. The number of rotatable bonds is 4. The van der Waals surface area contributed by atoms with E-state index in [4.69, 9.17) is 0 Å². The fourth-order valence-electron chi connectivity index (χ4n) is 2.39. The Morgan fingerprint density at radius 1 is 1.00 bits per heavy atom. The summed E-state index contributed by atoms with van der Waals surface area (Å²) in [4.78, 5) is 0. The number of benzene rings is 2. The molecule has 0 bridgehead atoms. The van der Waals surface area contributed by atoms with Gasteiger partial charge in [0.1, 0.15) is 5.82 Å². The molecule has 0 unspecified atom stereocenters. The van der Waals surface area contributed by atoms with Gasteiger partial charge in [-0.3, -0.25) is 0 Å². The van der Waals surface area contributed by atoms with Gasteiger partial charge >= 0.3 is 0 Å². The highest BCUT2D eigenvalue weighted by Crippen LogP contribution is 2.27. The summed E-state index contributed by atoms with van der Waals surface area (Å²) in [5, 5.41) is 0. The largest absolute Gasteiger partial charge is 0.206 e. The van der Waals surface area contributed by atoms with Crippen LogP contribution in [0.15, 0.2) is 36.4 Å². The van der Waals surface area contributed by atoms with Crippen molar-refractivity contribution in [1.82, 2.24) is 0 Å². The number of hydrogen-bond acceptors (Lipinski definition) is 0. The van der Waals surface area contributed by atoms with Gasteiger partial charge < -0.3 is 0 Å². The normalized spacial score (nSPS) is 10.7. The van der Waals surface area contributed by atoms with Crippen LogP contribution in [-0.4, -0.2) is 0 Å². The summed E-state index contributed by atoms with van der Waals surface area (Å²) in [6.07, 6.45) is 3.09. The van der Waals surface area contributed by atoms with E-state index >= 15 is 0 Å². The molecule has 0 radical (unpaired) electrons. The minimum atomic E-state index is -0.136. The fourth-order valence-corrected chi connectivity index (χ4v) is 2.39. The zero-order chi connectivity index (χ0) is 13.8. The fraction of sp³-hybridized carbons (Fsp3) is 0.333. The number of aryl methyl sites for hydroxylation is 3. The zero-order valence-corrected chi connectivity index (χ0v) is 12.0. The Labute approximate surface area is 115 Å². The van der Waals surface area contributed by atoms with Crippen LogP contribution in [0.3, 0.4) is 0 Å². The molecule has 0 fully saturated rings. The van der Waals surface area contributed by atoms with Crippen LogP contribution in [-0.2, 0) is 12.8 Å². The van der Waals surface area contributed by atoms with Crippen molar-refractivity contribution in [3.63, 3.8) is 0 Å². The van der Waals surface area contributed by atoms with E-state index in [1.54, 1.807) is 6.07 Å². The molecule has 0 aromatic heterocycles. The summed E-state index contributed by atoms with van der Waals surface area (Å²) in [5.74, 6) is -0.136. The van der Waals surface area contributed by atoms with Crippen LogP contribution in [0.2, 0.25) is 0 Å². The van der Waals surface area contributed by atoms with E-state index < -0.39 is 0 Å². The monoisotopic (exact) mass is 256 g/mol. The first-order valence-electron chi connectivity index (χ1n) is 7.04. The maximum absolute atomic E-state index is 14.0. The first-order valence-corrected chi connectivity index (χ1v) is 7.04. The molecule has 0 saturated carbocycles. The molecule has 0 N–H and O–H groups in total. The second-order valence-corrected chi connectivity index (χ2v) is 5.06. The van der Waals surface area contributed by atoms with Crippen LogP contribution in [0.1, 0.15) is 37.0 Å². The highest BCUT2D eigenvalue weighted by Gasteiger charge is 2.08. The van der Waals surface area contributed by atoms with Crippen molar-refractivity contribution in [3.8, 4) is 11.1 Å². The molecular weight excluding hydrogens is 235 g/mol. The second-order valence-electron chi connectivity index (χ2n) is 5.06. The van der Waals surface area contributed by atoms with Crippen LogP contribution in [0.4, 0.5) is 4.39 Å². The quantitative estimate of drug-likeness (QED) is 0.695. The molecule has 0 aliphatic heterocycles. The summed E-state index contributed by atoms with van der Waals surface area (Å²) in [6.45, 7) is 6.38. The van der Waals surface area contributed by atoms with Crippen molar-refractivity contribution < 1.29 is 4.39 Å². The maximum Gasteiger partial charge on any atom is 0.131 e. The van der Waals surface area contributed by atoms with Crippen molar-refractivity contribution in [2.24, 2.45) is 0 Å². The zero-order valence-electron chi connectivity index (χ0n) is 12.0. The van der Waals surface area contributed by atoms with Crippen molar-refractivity contribution in [2.75, 3.05) is 0 Å². The maximum atomic E-state index is 14.0. The van der Waals surface area contributed by atoms with Gasteiger partial charge in [-0.1, -0.05) is 44.5 Å². The minimum absolute atomic E-state index is 0.136. The van der Waals surface area contributed by atoms with Crippen LogP contribution in [0, 0.1) is 12.7 Å². The van der Waals surface area contributed by atoms with Gasteiger partial charge in [0, 0.05) is 5.56 Å². The smallest absolute Gasteiger partial charge is 0.131 e. The second kappa shape index (κ2) is 6.01. The Hall–Kier alpha value is -1.63. The first-order chi connectivity index (χ1) is 9.15. The van der Waals surface area contributed by atoms with Crippen LogP contribution >= 0.6 is 0 Å². The summed E-state index contributed by atoms with van der Waals surface area (Å²) in [5.41, 5.74) is 5.49. The van der Waals surface area contributed by atoms with Gasteiger partial charge in [-0.2, -0.15) is 0 Å². The molecule has 0 amide bonds. The van der Waals surface area contributed by atoms with E-state index in [1.165, 1.54) is 16.7 Å². The molecule has 0 atom stereocenters. The number of hydrogen-bond donors (Lipinski definition) is 0. The van der Waals surface area contributed by atoms with Gasteiger partial charge in [-0.25, -0.2) is 4.39 Å². The van der Waals surface area contributed by atoms with Gasteiger partial charge in [0.2, 0.25) is 0 Å². The number of halogens is 1. The topological polar surface area (TPSA) is 0 Å². The van der Waals surface area contributed by atoms with Gasteiger partial charge in [-0.05, 0) is 54.2 Å². The van der Waals surface area contributed by atoms with Crippen molar-refractivity contribution in [1.29, 1.82) is 0 Å². The predicted octanol–water partition coefficient (Wildman–Crippen LogP) is 5.32. The lowest BCUT2D eigenvalue weighted by atomic mass is 9.96. The van der Waals surface area contributed by atoms with Gasteiger partial charge in [0.25, 0.3) is 0 Å². The molecular formula is C18H21F.